The predicted molar refractivity (Wildman–Crippen MR) is 81.3 cm³/mol. The number of rotatable bonds is 5. The molecule has 3 nitrogen and oxygen atoms in total. The summed E-state index contributed by atoms with van der Waals surface area (Å²) in [5.74, 6) is 1.08. The summed E-state index contributed by atoms with van der Waals surface area (Å²) in [5.41, 5.74) is 9.14. The first-order chi connectivity index (χ1) is 10.0. The van der Waals surface area contributed by atoms with E-state index in [4.69, 9.17) is 15.2 Å². The van der Waals surface area contributed by atoms with E-state index < -0.39 is 0 Å². The molecule has 0 bridgehead atoms. The fraction of sp³-hybridized carbons (Fsp3) is 0.294. The van der Waals surface area contributed by atoms with Crippen LogP contribution in [0.25, 0.3) is 0 Å². The second-order valence-electron chi connectivity index (χ2n) is 5.00. The van der Waals surface area contributed by atoms with Crippen molar-refractivity contribution in [2.24, 2.45) is 5.73 Å². The summed E-state index contributed by atoms with van der Waals surface area (Å²) in [6.07, 6.45) is 0.564. The Labute approximate surface area is 124 Å². The van der Waals surface area contributed by atoms with Crippen molar-refractivity contribution in [3.63, 3.8) is 0 Å². The van der Waals surface area contributed by atoms with Crippen LogP contribution in [-0.4, -0.2) is 14.2 Å². The third-order valence-electron chi connectivity index (χ3n) is 3.52. The highest BCUT2D eigenvalue weighted by Crippen LogP contribution is 2.33. The van der Waals surface area contributed by atoms with Gasteiger partial charge in [-0.2, -0.15) is 0 Å². The van der Waals surface area contributed by atoms with Crippen molar-refractivity contribution in [3.05, 3.63) is 58.9 Å². The minimum atomic E-state index is -0.247. The maximum atomic E-state index is 13.2. The number of methoxy groups -OCH3 is 2. The van der Waals surface area contributed by atoms with Gasteiger partial charge in [-0.05, 0) is 54.3 Å². The number of aryl methyl sites for hydroxylation is 1. The van der Waals surface area contributed by atoms with Crippen LogP contribution in [0.4, 0.5) is 4.39 Å². The lowest BCUT2D eigenvalue weighted by Gasteiger charge is -2.18. The van der Waals surface area contributed by atoms with Crippen molar-refractivity contribution < 1.29 is 13.9 Å². The minimum Gasteiger partial charge on any atom is -0.493 e. The Balaban J connectivity index is 2.28. The second-order valence-corrected chi connectivity index (χ2v) is 5.00. The van der Waals surface area contributed by atoms with E-state index in [1.807, 2.05) is 25.1 Å². The molecular weight excluding hydrogens is 269 g/mol. The molecule has 0 amide bonds. The first kappa shape index (κ1) is 15.3. The fourth-order valence-corrected chi connectivity index (χ4v) is 2.42. The molecule has 0 aromatic heterocycles. The number of nitrogens with two attached hydrogens (primary N) is 1. The van der Waals surface area contributed by atoms with Crippen LogP contribution < -0.4 is 15.2 Å². The molecule has 1 atom stereocenters. The van der Waals surface area contributed by atoms with E-state index in [2.05, 4.69) is 0 Å². The van der Waals surface area contributed by atoms with E-state index >= 15 is 0 Å². The molecule has 2 aromatic carbocycles. The van der Waals surface area contributed by atoms with Crippen LogP contribution in [0.3, 0.4) is 0 Å². The molecule has 21 heavy (non-hydrogen) atoms. The van der Waals surface area contributed by atoms with Gasteiger partial charge in [-0.25, -0.2) is 4.39 Å². The summed E-state index contributed by atoms with van der Waals surface area (Å²) in [4.78, 5) is 0. The van der Waals surface area contributed by atoms with Gasteiger partial charge >= 0.3 is 0 Å². The van der Waals surface area contributed by atoms with Crippen LogP contribution in [0.1, 0.15) is 22.7 Å². The van der Waals surface area contributed by atoms with Gasteiger partial charge in [0, 0.05) is 6.04 Å². The SMILES string of the molecule is COc1cc(C)c(C(N)Cc2cccc(F)c2)cc1OC. The van der Waals surface area contributed by atoms with Crippen LogP contribution >= 0.6 is 0 Å². The summed E-state index contributed by atoms with van der Waals surface area (Å²) < 4.78 is 23.8. The van der Waals surface area contributed by atoms with Crippen LogP contribution in [0, 0.1) is 12.7 Å². The van der Waals surface area contributed by atoms with Gasteiger partial charge in [0.1, 0.15) is 5.82 Å². The molecule has 2 rings (SSSR count). The van der Waals surface area contributed by atoms with Gasteiger partial charge in [-0.15, -0.1) is 0 Å². The van der Waals surface area contributed by atoms with E-state index in [1.165, 1.54) is 12.1 Å². The van der Waals surface area contributed by atoms with Gasteiger partial charge in [0.05, 0.1) is 14.2 Å². The molecule has 0 spiro atoms. The molecule has 0 saturated carbocycles. The lowest BCUT2D eigenvalue weighted by atomic mass is 9.95. The maximum Gasteiger partial charge on any atom is 0.161 e. The van der Waals surface area contributed by atoms with Gasteiger partial charge in [0.25, 0.3) is 0 Å². The highest BCUT2D eigenvalue weighted by molar-refractivity contribution is 5.48. The van der Waals surface area contributed by atoms with Crippen molar-refractivity contribution in [1.29, 1.82) is 0 Å². The molecule has 0 aliphatic rings. The number of ether oxygens (including phenoxy) is 2. The summed E-state index contributed by atoms with van der Waals surface area (Å²) >= 11 is 0. The quantitative estimate of drug-likeness (QED) is 0.917. The highest BCUT2D eigenvalue weighted by atomic mass is 19.1. The third kappa shape index (κ3) is 3.52. The van der Waals surface area contributed by atoms with Gasteiger partial charge < -0.3 is 15.2 Å². The zero-order valence-electron chi connectivity index (χ0n) is 12.5. The van der Waals surface area contributed by atoms with Crippen LogP contribution in [-0.2, 0) is 6.42 Å². The van der Waals surface area contributed by atoms with Crippen molar-refractivity contribution in [1.82, 2.24) is 0 Å². The standard InChI is InChI=1S/C17H20FNO2/c1-11-7-16(20-2)17(21-3)10-14(11)15(19)9-12-5-4-6-13(18)8-12/h4-8,10,15H,9,19H2,1-3H3. The maximum absolute atomic E-state index is 13.2. The molecule has 112 valence electrons. The Morgan fingerprint density at radius 3 is 2.38 bits per heavy atom. The average molecular weight is 289 g/mol. The van der Waals surface area contributed by atoms with Gasteiger partial charge in [-0.1, -0.05) is 12.1 Å². The molecule has 0 heterocycles. The molecule has 4 heteroatoms. The van der Waals surface area contributed by atoms with Crippen molar-refractivity contribution in [2.75, 3.05) is 14.2 Å². The summed E-state index contributed by atoms with van der Waals surface area (Å²) in [5, 5.41) is 0. The number of benzene rings is 2. The topological polar surface area (TPSA) is 44.5 Å². The summed E-state index contributed by atoms with van der Waals surface area (Å²) in [6, 6.07) is 10.1. The number of hydrogen-bond donors (Lipinski definition) is 1. The van der Waals surface area contributed by atoms with Crippen molar-refractivity contribution in [2.45, 2.75) is 19.4 Å². The van der Waals surface area contributed by atoms with Gasteiger partial charge in [0.2, 0.25) is 0 Å². The Bertz CT molecular complexity index is 628. The Morgan fingerprint density at radius 2 is 1.76 bits per heavy atom. The van der Waals surface area contributed by atoms with E-state index in [9.17, 15) is 4.39 Å². The van der Waals surface area contributed by atoms with E-state index in [1.54, 1.807) is 20.3 Å². The average Bonchev–Trinajstić information content (AvgIpc) is 2.46. The molecule has 0 fully saturated rings. The Kier molecular flexibility index (Phi) is 4.81. The van der Waals surface area contributed by atoms with Crippen molar-refractivity contribution in [3.8, 4) is 11.5 Å². The van der Waals surface area contributed by atoms with E-state index in [-0.39, 0.29) is 11.9 Å². The fourth-order valence-electron chi connectivity index (χ4n) is 2.42. The first-order valence-electron chi connectivity index (χ1n) is 6.77. The molecule has 2 aromatic rings. The zero-order valence-corrected chi connectivity index (χ0v) is 12.5. The second kappa shape index (κ2) is 6.59. The minimum absolute atomic E-state index is 0.230. The predicted octanol–water partition coefficient (Wildman–Crippen LogP) is 3.39. The van der Waals surface area contributed by atoms with E-state index in [0.717, 1.165) is 16.7 Å². The first-order valence-corrected chi connectivity index (χ1v) is 6.77. The number of hydrogen-bond acceptors (Lipinski definition) is 3. The smallest absolute Gasteiger partial charge is 0.161 e. The molecule has 0 saturated heterocycles. The Hall–Kier alpha value is -2.07. The highest BCUT2D eigenvalue weighted by Gasteiger charge is 2.15. The molecule has 0 aliphatic carbocycles. The third-order valence-corrected chi connectivity index (χ3v) is 3.52. The molecule has 0 aliphatic heterocycles. The van der Waals surface area contributed by atoms with E-state index in [0.29, 0.717) is 17.9 Å². The van der Waals surface area contributed by atoms with Crippen LogP contribution in [0.2, 0.25) is 0 Å². The molecule has 0 radical (unpaired) electrons. The Morgan fingerprint density at radius 1 is 1.10 bits per heavy atom. The lowest BCUT2D eigenvalue weighted by molar-refractivity contribution is 0.354. The van der Waals surface area contributed by atoms with Crippen LogP contribution in [0.5, 0.6) is 11.5 Å². The largest absolute Gasteiger partial charge is 0.493 e. The molecule has 1 unspecified atom stereocenters. The van der Waals surface area contributed by atoms with Gasteiger partial charge in [0.15, 0.2) is 11.5 Å². The summed E-state index contributed by atoms with van der Waals surface area (Å²) in [6.45, 7) is 1.97. The summed E-state index contributed by atoms with van der Waals surface area (Å²) in [7, 11) is 3.19. The number of halogens is 1. The zero-order chi connectivity index (χ0) is 15.4. The van der Waals surface area contributed by atoms with Crippen LogP contribution in [0.15, 0.2) is 36.4 Å². The van der Waals surface area contributed by atoms with Gasteiger partial charge in [-0.3, -0.25) is 0 Å². The van der Waals surface area contributed by atoms with Crippen molar-refractivity contribution >= 4 is 0 Å². The monoisotopic (exact) mass is 289 g/mol. The lowest BCUT2D eigenvalue weighted by Crippen LogP contribution is -2.15. The molecular formula is C17H20FNO2. The molecule has 2 N–H and O–H groups in total. The normalized spacial score (nSPS) is 12.0.